The minimum Gasteiger partial charge on any atom is -0.462 e. The third kappa shape index (κ3) is 2.92. The number of nitrogens with zero attached hydrogens (tertiary/aromatic N) is 2. The van der Waals surface area contributed by atoms with Crippen LogP contribution in [0.25, 0.3) is 0 Å². The first-order valence-corrected chi connectivity index (χ1v) is 5.10. The van der Waals surface area contributed by atoms with Gasteiger partial charge in [-0.1, -0.05) is 0 Å². The molecule has 5 heteroatoms. The van der Waals surface area contributed by atoms with E-state index in [9.17, 15) is 9.59 Å². The number of hydrogen-bond acceptors (Lipinski definition) is 4. The molecule has 0 N–H and O–H groups in total. The van der Waals surface area contributed by atoms with Gasteiger partial charge in [-0.05, 0) is 26.9 Å². The van der Waals surface area contributed by atoms with Crippen LogP contribution in [0.15, 0.2) is 0 Å². The van der Waals surface area contributed by atoms with Gasteiger partial charge >= 0.3 is 11.9 Å². The molecule has 1 aliphatic heterocycles. The van der Waals surface area contributed by atoms with Crippen molar-refractivity contribution in [2.45, 2.75) is 18.9 Å². The standard InChI is InChI=1S/C10H18N2O3/c1-11(2)8-4-6-12(7-5-8)9(13)10(14)15-3/h8H,4-7H2,1-3H3. The zero-order valence-corrected chi connectivity index (χ0v) is 9.52. The summed E-state index contributed by atoms with van der Waals surface area (Å²) in [7, 11) is 5.29. The molecular weight excluding hydrogens is 196 g/mol. The van der Waals surface area contributed by atoms with Gasteiger partial charge in [0.1, 0.15) is 0 Å². The molecule has 0 atom stereocenters. The molecule has 5 nitrogen and oxygen atoms in total. The fraction of sp³-hybridized carbons (Fsp3) is 0.800. The van der Waals surface area contributed by atoms with E-state index in [4.69, 9.17) is 0 Å². The highest BCUT2D eigenvalue weighted by Crippen LogP contribution is 2.14. The van der Waals surface area contributed by atoms with Crippen molar-refractivity contribution in [3.8, 4) is 0 Å². The van der Waals surface area contributed by atoms with Crippen LogP contribution in [-0.2, 0) is 14.3 Å². The van der Waals surface area contributed by atoms with Crippen molar-refractivity contribution in [2.75, 3.05) is 34.3 Å². The van der Waals surface area contributed by atoms with Crippen LogP contribution in [0.5, 0.6) is 0 Å². The van der Waals surface area contributed by atoms with E-state index in [1.807, 2.05) is 14.1 Å². The number of likely N-dealkylation sites (tertiary alicyclic amines) is 1. The molecule has 0 aliphatic carbocycles. The fourth-order valence-corrected chi connectivity index (χ4v) is 1.80. The molecule has 0 aromatic heterocycles. The maximum atomic E-state index is 11.4. The summed E-state index contributed by atoms with van der Waals surface area (Å²) in [5, 5.41) is 0. The zero-order chi connectivity index (χ0) is 11.4. The van der Waals surface area contributed by atoms with Crippen LogP contribution >= 0.6 is 0 Å². The molecule has 0 unspecified atom stereocenters. The van der Waals surface area contributed by atoms with Gasteiger partial charge in [0.05, 0.1) is 7.11 Å². The maximum Gasteiger partial charge on any atom is 0.396 e. The Morgan fingerprint density at radius 3 is 2.20 bits per heavy atom. The van der Waals surface area contributed by atoms with Crippen LogP contribution < -0.4 is 0 Å². The molecule has 1 saturated heterocycles. The highest BCUT2D eigenvalue weighted by Gasteiger charge is 2.27. The predicted octanol–water partition coefficient (Wildman–Crippen LogP) is -0.288. The van der Waals surface area contributed by atoms with Crippen molar-refractivity contribution in [1.29, 1.82) is 0 Å². The number of methoxy groups -OCH3 is 1. The van der Waals surface area contributed by atoms with Crippen LogP contribution in [0.2, 0.25) is 0 Å². The Morgan fingerprint density at radius 1 is 1.27 bits per heavy atom. The highest BCUT2D eigenvalue weighted by molar-refractivity contribution is 6.32. The molecular formula is C10H18N2O3. The zero-order valence-electron chi connectivity index (χ0n) is 9.52. The summed E-state index contributed by atoms with van der Waals surface area (Å²) in [6.45, 7) is 1.27. The van der Waals surface area contributed by atoms with E-state index in [0.717, 1.165) is 12.8 Å². The van der Waals surface area contributed by atoms with Gasteiger partial charge in [-0.15, -0.1) is 0 Å². The van der Waals surface area contributed by atoms with Crippen molar-refractivity contribution >= 4 is 11.9 Å². The lowest BCUT2D eigenvalue weighted by Gasteiger charge is -2.34. The summed E-state index contributed by atoms with van der Waals surface area (Å²) in [6.07, 6.45) is 1.82. The number of ether oxygens (including phenoxy) is 1. The molecule has 0 spiro atoms. The summed E-state index contributed by atoms with van der Waals surface area (Å²) < 4.78 is 4.40. The monoisotopic (exact) mass is 214 g/mol. The molecule has 1 fully saturated rings. The minimum atomic E-state index is -0.765. The Balaban J connectivity index is 2.44. The normalized spacial score (nSPS) is 18.0. The summed E-state index contributed by atoms with van der Waals surface area (Å²) >= 11 is 0. The number of carbonyl (C=O) groups excluding carboxylic acids is 2. The molecule has 0 saturated carbocycles. The van der Waals surface area contributed by atoms with Crippen molar-refractivity contribution < 1.29 is 14.3 Å². The molecule has 15 heavy (non-hydrogen) atoms. The smallest absolute Gasteiger partial charge is 0.396 e. The molecule has 0 aromatic carbocycles. The Bertz CT molecular complexity index is 245. The number of piperidine rings is 1. The van der Waals surface area contributed by atoms with Gasteiger partial charge < -0.3 is 14.5 Å². The second-order valence-corrected chi connectivity index (χ2v) is 3.98. The van der Waals surface area contributed by atoms with Gasteiger partial charge in [-0.25, -0.2) is 4.79 Å². The minimum absolute atomic E-state index is 0.506. The molecule has 1 heterocycles. The number of hydrogen-bond donors (Lipinski definition) is 0. The van der Waals surface area contributed by atoms with E-state index < -0.39 is 11.9 Å². The van der Waals surface area contributed by atoms with Crippen molar-refractivity contribution in [3.63, 3.8) is 0 Å². The first kappa shape index (κ1) is 12.0. The molecule has 0 aromatic rings. The average molecular weight is 214 g/mol. The summed E-state index contributed by atoms with van der Waals surface area (Å²) in [4.78, 5) is 26.2. The lowest BCUT2D eigenvalue weighted by Crippen LogP contribution is -2.46. The number of rotatable bonds is 1. The molecule has 0 radical (unpaired) electrons. The van der Waals surface area contributed by atoms with E-state index in [1.165, 1.54) is 7.11 Å². The second-order valence-electron chi connectivity index (χ2n) is 3.98. The summed E-state index contributed by atoms with van der Waals surface area (Å²) in [5.41, 5.74) is 0. The number of esters is 1. The Hall–Kier alpha value is -1.10. The van der Waals surface area contributed by atoms with Crippen molar-refractivity contribution in [2.24, 2.45) is 0 Å². The van der Waals surface area contributed by atoms with Crippen molar-refractivity contribution in [1.82, 2.24) is 9.80 Å². The van der Waals surface area contributed by atoms with Gasteiger partial charge in [-0.2, -0.15) is 0 Å². The molecule has 1 aliphatic rings. The highest BCUT2D eigenvalue weighted by atomic mass is 16.5. The van der Waals surface area contributed by atoms with E-state index in [1.54, 1.807) is 4.90 Å². The molecule has 1 amide bonds. The van der Waals surface area contributed by atoms with Crippen LogP contribution in [0.3, 0.4) is 0 Å². The van der Waals surface area contributed by atoms with E-state index in [2.05, 4.69) is 9.64 Å². The third-order valence-electron chi connectivity index (χ3n) is 2.84. The van der Waals surface area contributed by atoms with Crippen LogP contribution in [0.4, 0.5) is 0 Å². The van der Waals surface area contributed by atoms with E-state index in [-0.39, 0.29) is 0 Å². The van der Waals surface area contributed by atoms with Crippen molar-refractivity contribution in [3.05, 3.63) is 0 Å². The second kappa shape index (κ2) is 5.11. The fourth-order valence-electron chi connectivity index (χ4n) is 1.80. The van der Waals surface area contributed by atoms with Crippen LogP contribution in [-0.4, -0.2) is 62.0 Å². The topological polar surface area (TPSA) is 49.9 Å². The predicted molar refractivity (Wildman–Crippen MR) is 55.3 cm³/mol. The first-order chi connectivity index (χ1) is 7.06. The summed E-state index contributed by atoms with van der Waals surface area (Å²) in [5.74, 6) is -1.28. The van der Waals surface area contributed by atoms with Gasteiger partial charge in [0, 0.05) is 19.1 Å². The van der Waals surface area contributed by atoms with E-state index in [0.29, 0.717) is 19.1 Å². The number of carbonyl (C=O) groups is 2. The Morgan fingerprint density at radius 2 is 1.80 bits per heavy atom. The average Bonchev–Trinajstić information content (AvgIpc) is 2.27. The SMILES string of the molecule is COC(=O)C(=O)N1CCC(N(C)C)CC1. The summed E-state index contributed by atoms with van der Waals surface area (Å²) in [6, 6.07) is 0.506. The van der Waals surface area contributed by atoms with Gasteiger partial charge in [0.2, 0.25) is 0 Å². The van der Waals surface area contributed by atoms with Crippen LogP contribution in [0, 0.1) is 0 Å². The van der Waals surface area contributed by atoms with Crippen LogP contribution in [0.1, 0.15) is 12.8 Å². The third-order valence-corrected chi connectivity index (χ3v) is 2.84. The molecule has 86 valence electrons. The quantitative estimate of drug-likeness (QED) is 0.444. The Kier molecular flexibility index (Phi) is 4.08. The molecule has 1 rings (SSSR count). The first-order valence-electron chi connectivity index (χ1n) is 5.10. The molecule has 0 bridgehead atoms. The lowest BCUT2D eigenvalue weighted by atomic mass is 10.0. The largest absolute Gasteiger partial charge is 0.462 e. The lowest BCUT2D eigenvalue weighted by molar-refractivity contribution is -0.158. The van der Waals surface area contributed by atoms with Gasteiger partial charge in [0.25, 0.3) is 0 Å². The van der Waals surface area contributed by atoms with E-state index >= 15 is 0 Å². The van der Waals surface area contributed by atoms with Gasteiger partial charge in [-0.3, -0.25) is 4.79 Å². The van der Waals surface area contributed by atoms with Gasteiger partial charge in [0.15, 0.2) is 0 Å². The number of amides is 1. The maximum absolute atomic E-state index is 11.4. The Labute approximate surface area is 90.0 Å².